The molecule has 0 saturated heterocycles. The molecule has 0 aliphatic rings. The zero-order valence-electron chi connectivity index (χ0n) is 11.7. The summed E-state index contributed by atoms with van der Waals surface area (Å²) in [5.74, 6) is -0.592. The van der Waals surface area contributed by atoms with Gasteiger partial charge in [-0.3, -0.25) is 14.4 Å². The molecule has 0 aromatic heterocycles. The van der Waals surface area contributed by atoms with Gasteiger partial charge in [0.15, 0.2) is 0 Å². The highest BCUT2D eigenvalue weighted by molar-refractivity contribution is 5.88. The smallest absolute Gasteiger partial charge is 0.242 e. The number of rotatable bonds is 6. The number of hydrogen-bond acceptors (Lipinski definition) is 4. The van der Waals surface area contributed by atoms with E-state index < -0.39 is 0 Å². The zero-order valence-corrected chi connectivity index (χ0v) is 11.7. The van der Waals surface area contributed by atoms with Crippen LogP contribution in [0.5, 0.6) is 0 Å². The fraction of sp³-hybridized carbons (Fsp3) is 0.727. The largest absolute Gasteiger partial charge is 0.347 e. The Hall–Kier alpha value is -1.63. The predicted octanol–water partition coefficient (Wildman–Crippen LogP) is -1.79. The van der Waals surface area contributed by atoms with Crippen LogP contribution in [-0.4, -0.2) is 87.3 Å². The molecule has 0 aliphatic carbocycles. The average Bonchev–Trinajstić information content (AvgIpc) is 2.28. The van der Waals surface area contributed by atoms with Gasteiger partial charge in [-0.1, -0.05) is 0 Å². The topological polar surface area (TPSA) is 73.0 Å². The molecule has 7 heteroatoms. The third-order valence-corrected chi connectivity index (χ3v) is 2.42. The summed E-state index contributed by atoms with van der Waals surface area (Å²) in [5.41, 5.74) is 0. The van der Waals surface area contributed by atoms with Gasteiger partial charge in [-0.05, 0) is 7.05 Å². The first-order chi connectivity index (χ1) is 8.29. The van der Waals surface area contributed by atoms with Crippen molar-refractivity contribution in [3.8, 4) is 0 Å². The molecular weight excluding hydrogens is 236 g/mol. The second kappa shape index (κ2) is 7.65. The number of carbonyl (C=O) groups is 3. The van der Waals surface area contributed by atoms with E-state index in [1.807, 2.05) is 0 Å². The van der Waals surface area contributed by atoms with Gasteiger partial charge in [-0.15, -0.1) is 0 Å². The van der Waals surface area contributed by atoms with Crippen molar-refractivity contribution in [1.82, 2.24) is 20.0 Å². The van der Waals surface area contributed by atoms with Gasteiger partial charge in [0.05, 0.1) is 19.6 Å². The quantitative estimate of drug-likeness (QED) is 0.611. The second-order valence-corrected chi connectivity index (χ2v) is 4.32. The number of carbonyl (C=O) groups excluding carboxylic acids is 3. The molecule has 7 nitrogen and oxygen atoms in total. The lowest BCUT2D eigenvalue weighted by Crippen LogP contribution is -2.44. The molecule has 0 aromatic carbocycles. The molecule has 0 rings (SSSR count). The number of nitrogens with one attached hydrogen (secondary N) is 1. The Kier molecular flexibility index (Phi) is 6.96. The van der Waals surface area contributed by atoms with Gasteiger partial charge in [-0.25, -0.2) is 0 Å². The van der Waals surface area contributed by atoms with Crippen LogP contribution in [0.25, 0.3) is 0 Å². The maximum atomic E-state index is 11.8. The first-order valence-electron chi connectivity index (χ1n) is 5.62. The van der Waals surface area contributed by atoms with E-state index in [0.717, 1.165) is 0 Å². The summed E-state index contributed by atoms with van der Waals surface area (Å²) in [5, 5.41) is 2.72. The van der Waals surface area contributed by atoms with Crippen molar-refractivity contribution >= 4 is 17.7 Å². The Bertz CT molecular complexity index is 317. The standard InChI is InChI=1S/C11H22N4O3/c1-12-6-9(16)14(4)8-11(18)15(5)7-10(17)13(2)3/h12H,6-8H2,1-5H3. The maximum absolute atomic E-state index is 11.8. The van der Waals surface area contributed by atoms with Crippen LogP contribution in [-0.2, 0) is 14.4 Å². The van der Waals surface area contributed by atoms with E-state index >= 15 is 0 Å². The summed E-state index contributed by atoms with van der Waals surface area (Å²) in [4.78, 5) is 38.7. The lowest BCUT2D eigenvalue weighted by atomic mass is 10.4. The average molecular weight is 258 g/mol. The van der Waals surface area contributed by atoms with Crippen LogP contribution >= 0.6 is 0 Å². The van der Waals surface area contributed by atoms with E-state index in [0.29, 0.717) is 0 Å². The van der Waals surface area contributed by atoms with Crippen molar-refractivity contribution in [3.05, 3.63) is 0 Å². The van der Waals surface area contributed by atoms with Crippen molar-refractivity contribution in [3.63, 3.8) is 0 Å². The fourth-order valence-corrected chi connectivity index (χ4v) is 1.13. The molecule has 1 N–H and O–H groups in total. The highest BCUT2D eigenvalue weighted by atomic mass is 16.2. The molecule has 0 spiro atoms. The van der Waals surface area contributed by atoms with Gasteiger partial charge in [-0.2, -0.15) is 0 Å². The monoisotopic (exact) mass is 258 g/mol. The molecule has 0 saturated carbocycles. The van der Waals surface area contributed by atoms with Gasteiger partial charge >= 0.3 is 0 Å². The van der Waals surface area contributed by atoms with Crippen LogP contribution in [0, 0.1) is 0 Å². The van der Waals surface area contributed by atoms with E-state index in [1.54, 1.807) is 35.2 Å². The Balaban J connectivity index is 4.23. The lowest BCUT2D eigenvalue weighted by molar-refractivity contribution is -0.141. The van der Waals surface area contributed by atoms with Crippen molar-refractivity contribution in [2.24, 2.45) is 0 Å². The summed E-state index contributed by atoms with van der Waals surface area (Å²) in [6.07, 6.45) is 0. The summed E-state index contributed by atoms with van der Waals surface area (Å²) in [6, 6.07) is 0. The van der Waals surface area contributed by atoms with Crippen LogP contribution in [0.1, 0.15) is 0 Å². The first kappa shape index (κ1) is 16.4. The van der Waals surface area contributed by atoms with Crippen molar-refractivity contribution in [2.75, 3.05) is 54.9 Å². The fourth-order valence-electron chi connectivity index (χ4n) is 1.13. The summed E-state index contributed by atoms with van der Waals surface area (Å²) < 4.78 is 0. The summed E-state index contributed by atoms with van der Waals surface area (Å²) >= 11 is 0. The minimum Gasteiger partial charge on any atom is -0.347 e. The maximum Gasteiger partial charge on any atom is 0.242 e. The van der Waals surface area contributed by atoms with E-state index in [2.05, 4.69) is 5.32 Å². The number of nitrogens with zero attached hydrogens (tertiary/aromatic N) is 3. The van der Waals surface area contributed by atoms with Crippen LogP contribution in [0.15, 0.2) is 0 Å². The zero-order chi connectivity index (χ0) is 14.3. The first-order valence-corrected chi connectivity index (χ1v) is 5.62. The lowest BCUT2D eigenvalue weighted by Gasteiger charge is -2.22. The Morgan fingerprint density at radius 3 is 1.72 bits per heavy atom. The van der Waals surface area contributed by atoms with Gasteiger partial charge in [0.2, 0.25) is 17.7 Å². The van der Waals surface area contributed by atoms with Crippen LogP contribution in [0.2, 0.25) is 0 Å². The molecule has 0 unspecified atom stereocenters. The third-order valence-electron chi connectivity index (χ3n) is 2.42. The molecule has 0 radical (unpaired) electrons. The number of amides is 3. The van der Waals surface area contributed by atoms with Gasteiger partial charge in [0, 0.05) is 28.2 Å². The number of hydrogen-bond donors (Lipinski definition) is 1. The van der Waals surface area contributed by atoms with Crippen molar-refractivity contribution < 1.29 is 14.4 Å². The van der Waals surface area contributed by atoms with Crippen molar-refractivity contribution in [2.45, 2.75) is 0 Å². The molecule has 18 heavy (non-hydrogen) atoms. The molecule has 0 bridgehead atoms. The molecular formula is C11H22N4O3. The van der Waals surface area contributed by atoms with Gasteiger partial charge in [0.1, 0.15) is 0 Å². The molecule has 0 aliphatic heterocycles. The minimum absolute atomic E-state index is 0.0138. The highest BCUT2D eigenvalue weighted by Gasteiger charge is 2.17. The highest BCUT2D eigenvalue weighted by Crippen LogP contribution is 1.92. The van der Waals surface area contributed by atoms with Crippen molar-refractivity contribution in [1.29, 1.82) is 0 Å². The van der Waals surface area contributed by atoms with E-state index in [9.17, 15) is 14.4 Å². The summed E-state index contributed by atoms with van der Waals surface area (Å²) in [7, 11) is 8.02. The molecule has 0 fully saturated rings. The Morgan fingerprint density at radius 1 is 0.833 bits per heavy atom. The predicted molar refractivity (Wildman–Crippen MR) is 67.9 cm³/mol. The van der Waals surface area contributed by atoms with E-state index in [1.165, 1.54) is 14.7 Å². The Labute approximate surface area is 108 Å². The third kappa shape index (κ3) is 5.62. The molecule has 3 amide bonds. The number of likely N-dealkylation sites (N-methyl/N-ethyl adjacent to an activating group) is 4. The van der Waals surface area contributed by atoms with Gasteiger partial charge in [0.25, 0.3) is 0 Å². The summed E-state index contributed by atoms with van der Waals surface area (Å²) in [6.45, 7) is 0.168. The Morgan fingerprint density at radius 2 is 1.28 bits per heavy atom. The SMILES string of the molecule is CNCC(=O)N(C)CC(=O)N(C)CC(=O)N(C)C. The van der Waals surface area contributed by atoms with E-state index in [-0.39, 0.29) is 37.4 Å². The molecule has 104 valence electrons. The van der Waals surface area contributed by atoms with Crippen LogP contribution in [0.3, 0.4) is 0 Å². The molecule has 0 heterocycles. The van der Waals surface area contributed by atoms with Crippen LogP contribution < -0.4 is 5.32 Å². The second-order valence-electron chi connectivity index (χ2n) is 4.32. The van der Waals surface area contributed by atoms with Gasteiger partial charge < -0.3 is 20.0 Å². The normalized spacial score (nSPS) is 9.83. The minimum atomic E-state index is -0.267. The molecule has 0 atom stereocenters. The van der Waals surface area contributed by atoms with E-state index in [4.69, 9.17) is 0 Å². The van der Waals surface area contributed by atoms with Crippen LogP contribution in [0.4, 0.5) is 0 Å². The molecule has 0 aromatic rings.